The number of hydrogen-bond donors (Lipinski definition) is 0. The van der Waals surface area contributed by atoms with Crippen LogP contribution in [0.5, 0.6) is 0 Å². The van der Waals surface area contributed by atoms with E-state index in [1.54, 1.807) is 0 Å². The van der Waals surface area contributed by atoms with Gasteiger partial charge in [0, 0.05) is 7.11 Å². The molecule has 3 heteroatoms. The summed E-state index contributed by atoms with van der Waals surface area (Å²) in [6, 6.07) is 9.39. The lowest BCUT2D eigenvalue weighted by Gasteiger charge is -2.19. The molecule has 1 aromatic rings. The Morgan fingerprint density at radius 1 is 1.26 bits per heavy atom. The zero-order valence-electron chi connectivity index (χ0n) is 14.6. The van der Waals surface area contributed by atoms with E-state index < -0.39 is 6.10 Å². The summed E-state index contributed by atoms with van der Waals surface area (Å²) in [5.41, 5.74) is 1.83. The van der Waals surface area contributed by atoms with Crippen LogP contribution in [0.4, 0.5) is 0 Å². The minimum absolute atomic E-state index is 0.343. The maximum Gasteiger partial charge on any atom is 0.339 e. The Morgan fingerprint density at radius 2 is 1.91 bits per heavy atom. The van der Waals surface area contributed by atoms with Gasteiger partial charge in [0.15, 0.2) is 6.10 Å². The molecule has 3 nitrogen and oxygen atoms in total. The normalized spacial score (nSPS) is 14.0. The van der Waals surface area contributed by atoms with Gasteiger partial charge in [-0.25, -0.2) is 4.79 Å². The Balaban J connectivity index is 2.55. The van der Waals surface area contributed by atoms with Gasteiger partial charge in [-0.15, -0.1) is 0 Å². The molecular weight excluding hydrogens is 288 g/mol. The number of ether oxygens (including phenoxy) is 2. The third-order valence-electron chi connectivity index (χ3n) is 3.73. The molecular formula is C20H28O3. The number of methoxy groups -OCH3 is 1. The lowest BCUT2D eigenvalue weighted by Crippen LogP contribution is -2.19. The van der Waals surface area contributed by atoms with E-state index in [0.717, 1.165) is 17.6 Å². The standard InChI is InChI=1S/C20H28O3/c1-15(2)11-12-17(16(3)4)13-14-23-20(21)19(22-5)18-9-7-6-8-10-18/h6-12,16-17,19H,1,13-14H2,2-5H3/b12-11+/t17-,19-/m1/s1. The highest BCUT2D eigenvalue weighted by atomic mass is 16.6. The highest BCUT2D eigenvalue weighted by molar-refractivity contribution is 5.76. The number of hydrogen-bond acceptors (Lipinski definition) is 3. The van der Waals surface area contributed by atoms with Crippen LogP contribution in [0.1, 0.15) is 38.9 Å². The zero-order chi connectivity index (χ0) is 17.2. The van der Waals surface area contributed by atoms with Crippen molar-refractivity contribution in [1.82, 2.24) is 0 Å². The van der Waals surface area contributed by atoms with E-state index in [4.69, 9.17) is 9.47 Å². The first-order valence-electron chi connectivity index (χ1n) is 8.03. The number of benzene rings is 1. The van der Waals surface area contributed by atoms with Gasteiger partial charge in [0.2, 0.25) is 0 Å². The van der Waals surface area contributed by atoms with Crippen LogP contribution < -0.4 is 0 Å². The zero-order valence-corrected chi connectivity index (χ0v) is 14.6. The van der Waals surface area contributed by atoms with Gasteiger partial charge in [-0.1, -0.05) is 68.5 Å². The SMILES string of the molecule is C=C(C)/C=C/[C@H](CCOC(=O)[C@H](OC)c1ccccc1)C(C)C. The lowest BCUT2D eigenvalue weighted by atomic mass is 9.92. The van der Waals surface area contributed by atoms with Crippen molar-refractivity contribution in [2.45, 2.75) is 33.3 Å². The largest absolute Gasteiger partial charge is 0.463 e. The Kier molecular flexibility index (Phi) is 8.35. The van der Waals surface area contributed by atoms with Crippen molar-refractivity contribution in [3.63, 3.8) is 0 Å². The molecule has 2 atom stereocenters. The summed E-state index contributed by atoms with van der Waals surface area (Å²) in [6.07, 6.45) is 4.29. The van der Waals surface area contributed by atoms with Crippen LogP contribution in [0.2, 0.25) is 0 Å². The fourth-order valence-electron chi connectivity index (χ4n) is 2.31. The third kappa shape index (κ3) is 6.83. The first-order valence-corrected chi connectivity index (χ1v) is 8.03. The van der Waals surface area contributed by atoms with Crippen molar-refractivity contribution in [2.24, 2.45) is 11.8 Å². The van der Waals surface area contributed by atoms with E-state index in [0.29, 0.717) is 18.4 Å². The number of carbonyl (C=O) groups is 1. The average molecular weight is 316 g/mol. The van der Waals surface area contributed by atoms with E-state index in [2.05, 4.69) is 26.5 Å². The van der Waals surface area contributed by atoms with Crippen molar-refractivity contribution < 1.29 is 14.3 Å². The van der Waals surface area contributed by atoms with Crippen molar-refractivity contribution >= 4 is 5.97 Å². The molecule has 23 heavy (non-hydrogen) atoms. The highest BCUT2D eigenvalue weighted by Crippen LogP contribution is 2.20. The van der Waals surface area contributed by atoms with Gasteiger partial charge in [0.1, 0.15) is 0 Å². The molecule has 1 aromatic carbocycles. The molecule has 0 fully saturated rings. The second-order valence-corrected chi connectivity index (χ2v) is 6.10. The molecule has 0 aliphatic heterocycles. The van der Waals surface area contributed by atoms with E-state index in [1.807, 2.05) is 43.3 Å². The van der Waals surface area contributed by atoms with E-state index >= 15 is 0 Å². The third-order valence-corrected chi connectivity index (χ3v) is 3.73. The van der Waals surface area contributed by atoms with Crippen LogP contribution >= 0.6 is 0 Å². The number of carbonyl (C=O) groups excluding carboxylic acids is 1. The molecule has 0 aliphatic carbocycles. The molecule has 0 bridgehead atoms. The molecule has 0 radical (unpaired) electrons. The van der Waals surface area contributed by atoms with E-state index in [9.17, 15) is 4.79 Å². The Bertz CT molecular complexity index is 517. The maximum atomic E-state index is 12.2. The minimum atomic E-state index is -0.667. The van der Waals surface area contributed by atoms with Crippen LogP contribution in [0.25, 0.3) is 0 Å². The van der Waals surface area contributed by atoms with Crippen LogP contribution in [-0.4, -0.2) is 19.7 Å². The topological polar surface area (TPSA) is 35.5 Å². The fraction of sp³-hybridized carbons (Fsp3) is 0.450. The van der Waals surface area contributed by atoms with Crippen LogP contribution in [0.15, 0.2) is 54.6 Å². The molecule has 0 heterocycles. The lowest BCUT2D eigenvalue weighted by molar-refractivity contribution is -0.156. The summed E-state index contributed by atoms with van der Waals surface area (Å²) in [5.74, 6) is 0.499. The van der Waals surface area contributed by atoms with Crippen molar-refractivity contribution in [3.05, 3.63) is 60.2 Å². The van der Waals surface area contributed by atoms with Crippen molar-refractivity contribution in [3.8, 4) is 0 Å². The molecule has 126 valence electrons. The van der Waals surface area contributed by atoms with Crippen LogP contribution in [-0.2, 0) is 14.3 Å². The van der Waals surface area contributed by atoms with Crippen molar-refractivity contribution in [2.75, 3.05) is 13.7 Å². The fourth-order valence-corrected chi connectivity index (χ4v) is 2.31. The monoisotopic (exact) mass is 316 g/mol. The minimum Gasteiger partial charge on any atom is -0.463 e. The summed E-state index contributed by atoms with van der Waals surface area (Å²) in [5, 5.41) is 0. The van der Waals surface area contributed by atoms with Gasteiger partial charge in [-0.3, -0.25) is 0 Å². The smallest absolute Gasteiger partial charge is 0.339 e. The molecule has 0 N–H and O–H groups in total. The number of rotatable bonds is 9. The summed E-state index contributed by atoms with van der Waals surface area (Å²) >= 11 is 0. The molecule has 0 aliphatic rings. The predicted octanol–water partition coefficient (Wildman–Crippen LogP) is 4.71. The summed E-state index contributed by atoms with van der Waals surface area (Å²) in [4.78, 5) is 12.2. The Hall–Kier alpha value is -1.87. The van der Waals surface area contributed by atoms with E-state index in [1.165, 1.54) is 7.11 Å². The highest BCUT2D eigenvalue weighted by Gasteiger charge is 2.21. The molecule has 0 aromatic heterocycles. The van der Waals surface area contributed by atoms with Gasteiger partial charge in [-0.05, 0) is 30.7 Å². The van der Waals surface area contributed by atoms with Crippen molar-refractivity contribution in [1.29, 1.82) is 0 Å². The van der Waals surface area contributed by atoms with Gasteiger partial charge in [0.25, 0.3) is 0 Å². The Labute approximate surface area is 140 Å². The van der Waals surface area contributed by atoms with Gasteiger partial charge < -0.3 is 9.47 Å². The second kappa shape index (κ2) is 10.0. The van der Waals surface area contributed by atoms with Gasteiger partial charge in [0.05, 0.1) is 6.61 Å². The molecule has 0 amide bonds. The molecule has 0 unspecified atom stereocenters. The molecule has 1 rings (SSSR count). The second-order valence-electron chi connectivity index (χ2n) is 6.10. The summed E-state index contributed by atoms with van der Waals surface area (Å²) < 4.78 is 10.7. The first-order chi connectivity index (χ1) is 11.0. The number of allylic oxidation sites excluding steroid dienone is 3. The van der Waals surface area contributed by atoms with Crippen LogP contribution in [0.3, 0.4) is 0 Å². The van der Waals surface area contributed by atoms with Gasteiger partial charge in [-0.2, -0.15) is 0 Å². The van der Waals surface area contributed by atoms with E-state index in [-0.39, 0.29) is 5.97 Å². The first kappa shape index (κ1) is 19.2. The average Bonchev–Trinajstić information content (AvgIpc) is 2.51. The number of esters is 1. The molecule has 0 spiro atoms. The maximum absolute atomic E-state index is 12.2. The summed E-state index contributed by atoms with van der Waals surface area (Å²) in [7, 11) is 1.52. The quantitative estimate of drug-likeness (QED) is 0.489. The molecule has 0 saturated carbocycles. The van der Waals surface area contributed by atoms with Crippen LogP contribution in [0, 0.1) is 11.8 Å². The van der Waals surface area contributed by atoms with Gasteiger partial charge >= 0.3 is 5.97 Å². The Morgan fingerprint density at radius 3 is 2.43 bits per heavy atom. The predicted molar refractivity (Wildman–Crippen MR) is 94.1 cm³/mol. The summed E-state index contributed by atoms with van der Waals surface area (Å²) in [6.45, 7) is 10.6. The molecule has 0 saturated heterocycles.